The van der Waals surface area contributed by atoms with Crippen LogP contribution in [0.1, 0.15) is 32.1 Å². The van der Waals surface area contributed by atoms with Crippen LogP contribution in [0.25, 0.3) is 0 Å². The van der Waals surface area contributed by atoms with Crippen molar-refractivity contribution in [3.05, 3.63) is 22.4 Å². The lowest BCUT2D eigenvalue weighted by Gasteiger charge is -2.24. The average molecular weight is 297 g/mol. The maximum atomic E-state index is 12.3. The standard InChI is InChI=1S/C15H23NO3S/c1-4-19-15(18)7-8-16(11-12(2)3)14(17)10-13-6-5-9-20-13/h5-6,9,12H,4,7-8,10-11H2,1-3H3. The zero-order valence-electron chi connectivity index (χ0n) is 12.4. The van der Waals surface area contributed by atoms with E-state index in [2.05, 4.69) is 13.8 Å². The lowest BCUT2D eigenvalue weighted by atomic mass is 10.2. The van der Waals surface area contributed by atoms with Gasteiger partial charge in [0.15, 0.2) is 0 Å². The second-order valence-electron chi connectivity index (χ2n) is 5.04. The van der Waals surface area contributed by atoms with Crippen LogP contribution in [0.3, 0.4) is 0 Å². The van der Waals surface area contributed by atoms with E-state index < -0.39 is 0 Å². The molecule has 0 N–H and O–H groups in total. The van der Waals surface area contributed by atoms with E-state index in [0.29, 0.717) is 32.0 Å². The van der Waals surface area contributed by atoms with Gasteiger partial charge >= 0.3 is 5.97 Å². The van der Waals surface area contributed by atoms with E-state index in [1.54, 1.807) is 23.2 Å². The summed E-state index contributed by atoms with van der Waals surface area (Å²) in [5, 5.41) is 1.97. The summed E-state index contributed by atoms with van der Waals surface area (Å²) >= 11 is 1.58. The fraction of sp³-hybridized carbons (Fsp3) is 0.600. The van der Waals surface area contributed by atoms with Gasteiger partial charge in [-0.2, -0.15) is 0 Å². The fourth-order valence-electron chi connectivity index (χ4n) is 1.89. The van der Waals surface area contributed by atoms with Gasteiger partial charge < -0.3 is 9.64 Å². The molecule has 0 aliphatic carbocycles. The molecule has 112 valence electrons. The van der Waals surface area contributed by atoms with Crippen LogP contribution in [0.2, 0.25) is 0 Å². The van der Waals surface area contributed by atoms with E-state index in [1.165, 1.54) is 0 Å². The predicted molar refractivity (Wildman–Crippen MR) is 80.7 cm³/mol. The second-order valence-corrected chi connectivity index (χ2v) is 6.08. The number of carbonyl (C=O) groups excluding carboxylic acids is 2. The van der Waals surface area contributed by atoms with E-state index >= 15 is 0 Å². The van der Waals surface area contributed by atoms with E-state index in [-0.39, 0.29) is 18.3 Å². The van der Waals surface area contributed by atoms with Crippen molar-refractivity contribution in [3.63, 3.8) is 0 Å². The summed E-state index contributed by atoms with van der Waals surface area (Å²) in [7, 11) is 0. The lowest BCUT2D eigenvalue weighted by molar-refractivity contribution is -0.144. The monoisotopic (exact) mass is 297 g/mol. The van der Waals surface area contributed by atoms with Crippen LogP contribution in [-0.4, -0.2) is 36.5 Å². The lowest BCUT2D eigenvalue weighted by Crippen LogP contribution is -2.37. The number of esters is 1. The molecule has 1 aromatic rings. The van der Waals surface area contributed by atoms with E-state index in [1.807, 2.05) is 17.5 Å². The van der Waals surface area contributed by atoms with Crippen LogP contribution >= 0.6 is 11.3 Å². The summed E-state index contributed by atoms with van der Waals surface area (Å²) in [5.41, 5.74) is 0. The quantitative estimate of drug-likeness (QED) is 0.693. The molecule has 5 heteroatoms. The molecule has 1 heterocycles. The number of amides is 1. The van der Waals surface area contributed by atoms with Gasteiger partial charge in [0.2, 0.25) is 5.91 Å². The number of hydrogen-bond donors (Lipinski definition) is 0. The molecule has 0 saturated heterocycles. The molecule has 20 heavy (non-hydrogen) atoms. The third-order valence-corrected chi connectivity index (χ3v) is 3.61. The molecule has 1 aromatic heterocycles. The molecule has 0 atom stereocenters. The minimum atomic E-state index is -0.245. The van der Waals surface area contributed by atoms with Gasteiger partial charge in [0, 0.05) is 18.0 Å². The first kappa shape index (κ1) is 16.7. The molecule has 0 radical (unpaired) electrons. The molecular weight excluding hydrogens is 274 g/mol. The molecular formula is C15H23NO3S. The number of carbonyl (C=O) groups is 2. The first-order valence-electron chi connectivity index (χ1n) is 6.98. The van der Waals surface area contributed by atoms with Crippen molar-refractivity contribution in [2.24, 2.45) is 5.92 Å². The summed E-state index contributed by atoms with van der Waals surface area (Å²) in [6.07, 6.45) is 0.671. The van der Waals surface area contributed by atoms with Crippen molar-refractivity contribution in [2.75, 3.05) is 19.7 Å². The minimum absolute atomic E-state index is 0.0745. The van der Waals surface area contributed by atoms with Gasteiger partial charge in [-0.05, 0) is 24.3 Å². The van der Waals surface area contributed by atoms with Gasteiger partial charge in [-0.25, -0.2) is 0 Å². The smallest absolute Gasteiger partial charge is 0.307 e. The molecule has 4 nitrogen and oxygen atoms in total. The van der Waals surface area contributed by atoms with Gasteiger partial charge in [0.1, 0.15) is 0 Å². The fourth-order valence-corrected chi connectivity index (χ4v) is 2.59. The Balaban J connectivity index is 2.54. The Morgan fingerprint density at radius 2 is 2.15 bits per heavy atom. The van der Waals surface area contributed by atoms with Gasteiger partial charge in [-0.15, -0.1) is 11.3 Å². The maximum Gasteiger partial charge on any atom is 0.307 e. The maximum absolute atomic E-state index is 12.3. The molecule has 0 aliphatic heterocycles. The van der Waals surface area contributed by atoms with Gasteiger partial charge in [-0.1, -0.05) is 19.9 Å². The van der Waals surface area contributed by atoms with Crippen LogP contribution in [0, 0.1) is 5.92 Å². The number of hydrogen-bond acceptors (Lipinski definition) is 4. The molecule has 0 unspecified atom stereocenters. The highest BCUT2D eigenvalue weighted by molar-refractivity contribution is 7.10. The van der Waals surface area contributed by atoms with Crippen molar-refractivity contribution in [3.8, 4) is 0 Å². The third kappa shape index (κ3) is 6.19. The van der Waals surface area contributed by atoms with Crippen LogP contribution in [-0.2, 0) is 20.7 Å². The SMILES string of the molecule is CCOC(=O)CCN(CC(C)C)C(=O)Cc1cccs1. The zero-order chi connectivity index (χ0) is 15.0. The molecule has 0 aromatic carbocycles. The molecule has 0 bridgehead atoms. The predicted octanol–water partition coefficient (Wildman–Crippen LogP) is 2.73. The Morgan fingerprint density at radius 3 is 2.70 bits per heavy atom. The van der Waals surface area contributed by atoms with Gasteiger partial charge in [-0.3, -0.25) is 9.59 Å². The highest BCUT2D eigenvalue weighted by Gasteiger charge is 2.17. The van der Waals surface area contributed by atoms with E-state index in [0.717, 1.165) is 4.88 Å². The average Bonchev–Trinajstić information content (AvgIpc) is 2.87. The van der Waals surface area contributed by atoms with E-state index in [9.17, 15) is 9.59 Å². The topological polar surface area (TPSA) is 46.6 Å². The number of nitrogens with zero attached hydrogens (tertiary/aromatic N) is 1. The highest BCUT2D eigenvalue weighted by atomic mass is 32.1. The first-order chi connectivity index (χ1) is 9.52. The van der Waals surface area contributed by atoms with Crippen LogP contribution in [0.15, 0.2) is 17.5 Å². The van der Waals surface area contributed by atoms with E-state index in [4.69, 9.17) is 4.74 Å². The van der Waals surface area contributed by atoms with Crippen LogP contribution in [0.4, 0.5) is 0 Å². The Morgan fingerprint density at radius 1 is 1.40 bits per heavy atom. The summed E-state index contributed by atoms with van der Waals surface area (Å²) in [5.74, 6) is 0.208. The number of rotatable bonds is 8. The first-order valence-corrected chi connectivity index (χ1v) is 7.86. The molecule has 0 aliphatic rings. The Kier molecular flexibility index (Phi) is 7.30. The van der Waals surface area contributed by atoms with Crippen LogP contribution < -0.4 is 0 Å². The number of ether oxygens (including phenoxy) is 1. The van der Waals surface area contributed by atoms with Gasteiger partial charge in [0.05, 0.1) is 19.4 Å². The number of thiophene rings is 1. The van der Waals surface area contributed by atoms with Crippen molar-refractivity contribution in [1.82, 2.24) is 4.90 Å². The second kappa shape index (κ2) is 8.74. The Bertz CT molecular complexity index is 415. The highest BCUT2D eigenvalue weighted by Crippen LogP contribution is 2.12. The summed E-state index contributed by atoms with van der Waals surface area (Å²) in [6.45, 7) is 7.40. The van der Waals surface area contributed by atoms with Gasteiger partial charge in [0.25, 0.3) is 0 Å². The summed E-state index contributed by atoms with van der Waals surface area (Å²) < 4.78 is 4.91. The van der Waals surface area contributed by atoms with Crippen molar-refractivity contribution in [1.29, 1.82) is 0 Å². The molecule has 0 spiro atoms. The molecule has 0 saturated carbocycles. The minimum Gasteiger partial charge on any atom is -0.466 e. The normalized spacial score (nSPS) is 10.6. The molecule has 1 rings (SSSR count). The summed E-state index contributed by atoms with van der Waals surface area (Å²) in [6, 6.07) is 3.90. The molecule has 0 fully saturated rings. The van der Waals surface area contributed by atoms with Crippen molar-refractivity contribution < 1.29 is 14.3 Å². The van der Waals surface area contributed by atoms with Crippen molar-refractivity contribution >= 4 is 23.2 Å². The van der Waals surface area contributed by atoms with Crippen LogP contribution in [0.5, 0.6) is 0 Å². The zero-order valence-corrected chi connectivity index (χ0v) is 13.2. The molecule has 1 amide bonds. The Hall–Kier alpha value is -1.36. The third-order valence-electron chi connectivity index (χ3n) is 2.73. The largest absolute Gasteiger partial charge is 0.466 e. The van der Waals surface area contributed by atoms with Crippen molar-refractivity contribution in [2.45, 2.75) is 33.6 Å². The summed E-state index contributed by atoms with van der Waals surface area (Å²) in [4.78, 5) is 26.5. The Labute approximate surface area is 124 Å².